The quantitative estimate of drug-likeness (QED) is 0.249. The van der Waals surface area contributed by atoms with E-state index in [9.17, 15) is 0 Å². The summed E-state index contributed by atoms with van der Waals surface area (Å²) in [5, 5.41) is 11.5. The van der Waals surface area contributed by atoms with Gasteiger partial charge in [-0.3, -0.25) is 4.99 Å². The van der Waals surface area contributed by atoms with Crippen molar-refractivity contribution in [3.8, 4) is 11.4 Å². The fourth-order valence-corrected chi connectivity index (χ4v) is 3.15. The van der Waals surface area contributed by atoms with Crippen LogP contribution < -0.4 is 10.6 Å². The van der Waals surface area contributed by atoms with Crippen molar-refractivity contribution in [2.45, 2.75) is 46.1 Å². The van der Waals surface area contributed by atoms with Gasteiger partial charge in [-0.05, 0) is 63.7 Å². The monoisotopic (exact) mass is 548 g/mol. The van der Waals surface area contributed by atoms with Gasteiger partial charge in [-0.25, -0.2) is 0 Å². The molecule has 1 aromatic carbocycles. The van der Waals surface area contributed by atoms with Crippen LogP contribution in [0.3, 0.4) is 0 Å². The number of nitrogens with zero attached hydrogens (tertiary/aromatic N) is 4. The number of guanidine groups is 1. The molecule has 0 fully saturated rings. The molecule has 0 aliphatic carbocycles. The molecule has 0 aliphatic heterocycles. The Kier molecular flexibility index (Phi) is 13.0. The molecule has 0 saturated carbocycles. The highest BCUT2D eigenvalue weighted by atomic mass is 127. The van der Waals surface area contributed by atoms with Crippen LogP contribution in [-0.2, 0) is 6.42 Å². The maximum Gasteiger partial charge on any atom is 0.228 e. The van der Waals surface area contributed by atoms with Crippen molar-refractivity contribution in [1.29, 1.82) is 0 Å². The molecule has 30 heavy (non-hydrogen) atoms. The summed E-state index contributed by atoms with van der Waals surface area (Å²) in [6, 6.07) is 7.74. The van der Waals surface area contributed by atoms with Crippen LogP contribution in [-0.4, -0.2) is 60.3 Å². The van der Waals surface area contributed by atoms with Crippen LogP contribution in [0.4, 0.5) is 0 Å². The van der Waals surface area contributed by atoms with E-state index in [0.29, 0.717) is 35.7 Å². The average Bonchev–Trinajstić information content (AvgIpc) is 3.20. The zero-order chi connectivity index (χ0) is 21.1. The maximum absolute atomic E-state index is 5.92. The molecule has 1 atom stereocenters. The Morgan fingerprint density at radius 1 is 1.23 bits per heavy atom. The molecule has 2 aromatic rings. The third kappa shape index (κ3) is 9.18. The summed E-state index contributed by atoms with van der Waals surface area (Å²) in [7, 11) is 1.78. The van der Waals surface area contributed by atoms with E-state index < -0.39 is 0 Å². The van der Waals surface area contributed by atoms with Crippen LogP contribution in [0.2, 0.25) is 5.02 Å². The van der Waals surface area contributed by atoms with Crippen LogP contribution in [0.5, 0.6) is 0 Å². The number of hydrogen-bond acceptors (Lipinski definition) is 5. The normalized spacial score (nSPS) is 12.5. The zero-order valence-electron chi connectivity index (χ0n) is 18.3. The second-order valence-corrected chi connectivity index (χ2v) is 7.42. The first-order chi connectivity index (χ1) is 14.0. The Balaban J connectivity index is 0.00000450. The molecule has 2 N–H and O–H groups in total. The predicted octanol–water partition coefficient (Wildman–Crippen LogP) is 4.23. The number of aromatic nitrogens is 2. The van der Waals surface area contributed by atoms with Gasteiger partial charge in [-0.1, -0.05) is 30.6 Å². The van der Waals surface area contributed by atoms with Gasteiger partial charge in [0.05, 0.1) is 0 Å². The molecular formula is C21H34ClIN6O. The SMILES string of the molecule is CCN(CC)CCCC(C)NC(=NC)NCCc1nc(-c2ccc(Cl)cc2)no1.I. The first kappa shape index (κ1) is 26.6. The highest BCUT2D eigenvalue weighted by molar-refractivity contribution is 14.0. The highest BCUT2D eigenvalue weighted by Gasteiger charge is 2.10. The summed E-state index contributed by atoms with van der Waals surface area (Å²) >= 11 is 5.92. The molecule has 0 radical (unpaired) electrons. The smallest absolute Gasteiger partial charge is 0.228 e. The second-order valence-electron chi connectivity index (χ2n) is 6.98. The van der Waals surface area contributed by atoms with Gasteiger partial charge in [0, 0.05) is 36.6 Å². The molecule has 7 nitrogen and oxygen atoms in total. The number of nitrogens with one attached hydrogen (secondary N) is 2. The summed E-state index contributed by atoms with van der Waals surface area (Å²) in [6.45, 7) is 10.6. The molecule has 2 rings (SSSR count). The predicted molar refractivity (Wildman–Crippen MR) is 135 cm³/mol. The molecule has 1 heterocycles. The zero-order valence-corrected chi connectivity index (χ0v) is 21.4. The fraction of sp³-hybridized carbons (Fsp3) is 0.571. The number of hydrogen-bond donors (Lipinski definition) is 2. The molecule has 1 unspecified atom stereocenters. The lowest BCUT2D eigenvalue weighted by Gasteiger charge is -2.21. The minimum absolute atomic E-state index is 0. The number of aliphatic imine (C=N–C) groups is 1. The molecule has 0 saturated heterocycles. The van der Waals surface area contributed by atoms with Crippen LogP contribution >= 0.6 is 35.6 Å². The Hall–Kier alpha value is -1.39. The first-order valence-electron chi connectivity index (χ1n) is 10.3. The van der Waals surface area contributed by atoms with Crippen molar-refractivity contribution in [3.05, 3.63) is 35.2 Å². The fourth-order valence-electron chi connectivity index (χ4n) is 3.02. The summed E-state index contributed by atoms with van der Waals surface area (Å²) in [6.07, 6.45) is 2.89. The number of benzene rings is 1. The van der Waals surface area contributed by atoms with E-state index in [4.69, 9.17) is 16.1 Å². The van der Waals surface area contributed by atoms with Crippen molar-refractivity contribution in [3.63, 3.8) is 0 Å². The summed E-state index contributed by atoms with van der Waals surface area (Å²) < 4.78 is 5.34. The van der Waals surface area contributed by atoms with Gasteiger partial charge < -0.3 is 20.1 Å². The van der Waals surface area contributed by atoms with Crippen LogP contribution in [0, 0.1) is 0 Å². The van der Waals surface area contributed by atoms with Gasteiger partial charge in [0.1, 0.15) is 0 Å². The lowest BCUT2D eigenvalue weighted by atomic mass is 10.2. The third-order valence-electron chi connectivity index (χ3n) is 4.81. The Labute approximate surface area is 202 Å². The number of rotatable bonds is 11. The van der Waals surface area contributed by atoms with Crippen LogP contribution in [0.15, 0.2) is 33.8 Å². The van der Waals surface area contributed by atoms with Crippen molar-refractivity contribution in [2.75, 3.05) is 33.2 Å². The van der Waals surface area contributed by atoms with E-state index in [0.717, 1.165) is 37.6 Å². The molecule has 0 spiro atoms. The average molecular weight is 549 g/mol. The van der Waals surface area contributed by atoms with Crippen molar-refractivity contribution >= 4 is 41.5 Å². The number of halogens is 2. The van der Waals surface area contributed by atoms with Gasteiger partial charge in [0.15, 0.2) is 5.96 Å². The molecule has 9 heteroatoms. The Morgan fingerprint density at radius 2 is 1.93 bits per heavy atom. The second kappa shape index (κ2) is 14.6. The Morgan fingerprint density at radius 3 is 2.57 bits per heavy atom. The van der Waals surface area contributed by atoms with Gasteiger partial charge >= 0.3 is 0 Å². The van der Waals surface area contributed by atoms with Gasteiger partial charge in [0.2, 0.25) is 11.7 Å². The summed E-state index contributed by atoms with van der Waals surface area (Å²) in [5.74, 6) is 1.95. The summed E-state index contributed by atoms with van der Waals surface area (Å²) in [5.41, 5.74) is 0.883. The molecule has 0 amide bonds. The van der Waals surface area contributed by atoms with Gasteiger partial charge in [0.25, 0.3) is 0 Å². The first-order valence-corrected chi connectivity index (χ1v) is 10.7. The van der Waals surface area contributed by atoms with Crippen LogP contribution in [0.1, 0.15) is 39.5 Å². The summed E-state index contributed by atoms with van der Waals surface area (Å²) in [4.78, 5) is 11.2. The lowest BCUT2D eigenvalue weighted by Crippen LogP contribution is -2.43. The van der Waals surface area contributed by atoms with E-state index in [1.807, 2.05) is 24.3 Å². The maximum atomic E-state index is 5.92. The molecule has 0 bridgehead atoms. The molecular weight excluding hydrogens is 515 g/mol. The minimum atomic E-state index is 0. The highest BCUT2D eigenvalue weighted by Crippen LogP contribution is 2.18. The molecule has 1 aromatic heterocycles. The van der Waals surface area contributed by atoms with E-state index in [-0.39, 0.29) is 24.0 Å². The van der Waals surface area contributed by atoms with Crippen LogP contribution in [0.25, 0.3) is 11.4 Å². The van der Waals surface area contributed by atoms with Gasteiger partial charge in [-0.15, -0.1) is 24.0 Å². The van der Waals surface area contributed by atoms with E-state index in [1.165, 1.54) is 6.42 Å². The largest absolute Gasteiger partial charge is 0.356 e. The standard InChI is InChI=1S/C21H33ClN6O.HI/c1-5-28(6-2)15-7-8-16(3)25-21(23-4)24-14-13-19-26-20(27-29-19)17-9-11-18(22)12-10-17;/h9-12,16H,5-8,13-15H2,1-4H3,(H2,23,24,25);1H. The molecule has 0 aliphatic rings. The van der Waals surface area contributed by atoms with E-state index in [2.05, 4.69) is 51.4 Å². The Bertz CT molecular complexity index is 748. The minimum Gasteiger partial charge on any atom is -0.356 e. The van der Waals surface area contributed by atoms with E-state index >= 15 is 0 Å². The van der Waals surface area contributed by atoms with Crippen molar-refractivity contribution in [2.24, 2.45) is 4.99 Å². The van der Waals surface area contributed by atoms with Gasteiger partial charge in [-0.2, -0.15) is 4.98 Å². The topological polar surface area (TPSA) is 78.6 Å². The lowest BCUT2D eigenvalue weighted by molar-refractivity contribution is 0.292. The van der Waals surface area contributed by atoms with Crippen molar-refractivity contribution < 1.29 is 4.52 Å². The van der Waals surface area contributed by atoms with Crippen molar-refractivity contribution in [1.82, 2.24) is 25.7 Å². The third-order valence-corrected chi connectivity index (χ3v) is 5.07. The molecule has 168 valence electrons. The van der Waals surface area contributed by atoms with E-state index in [1.54, 1.807) is 7.05 Å².